The van der Waals surface area contributed by atoms with Crippen LogP contribution in [0.15, 0.2) is 54.6 Å². The second-order valence-corrected chi connectivity index (χ2v) is 8.60. The van der Waals surface area contributed by atoms with Crippen molar-refractivity contribution in [3.63, 3.8) is 0 Å². The number of benzene rings is 2. The molecule has 1 heterocycles. The van der Waals surface area contributed by atoms with E-state index in [4.69, 9.17) is 4.74 Å². The number of amides is 1. The summed E-state index contributed by atoms with van der Waals surface area (Å²) in [4.78, 5) is 13.6. The molecule has 1 amide bonds. The second-order valence-electron chi connectivity index (χ2n) is 8.60. The zero-order valence-electron chi connectivity index (χ0n) is 16.9. The van der Waals surface area contributed by atoms with Crippen molar-refractivity contribution in [3.8, 4) is 0 Å². The molecule has 1 saturated heterocycles. The van der Waals surface area contributed by atoms with Crippen molar-refractivity contribution in [2.45, 2.75) is 56.3 Å². The van der Waals surface area contributed by atoms with E-state index in [9.17, 15) is 4.79 Å². The van der Waals surface area contributed by atoms with Crippen LogP contribution in [0.1, 0.15) is 55.2 Å². The Kier molecular flexibility index (Phi) is 5.54. The average molecular weight is 378 g/mol. The maximum absolute atomic E-state index is 13.6. The first-order valence-electron chi connectivity index (χ1n) is 10.6. The minimum absolute atomic E-state index is 0.0741. The van der Waals surface area contributed by atoms with Gasteiger partial charge >= 0.3 is 0 Å². The number of hydrogen-bond donors (Lipinski definition) is 1. The van der Waals surface area contributed by atoms with Crippen LogP contribution < -0.4 is 5.32 Å². The summed E-state index contributed by atoms with van der Waals surface area (Å²) in [5.74, 6) is 0.168. The molecule has 0 spiro atoms. The first-order chi connectivity index (χ1) is 13.6. The molecule has 0 bridgehead atoms. The van der Waals surface area contributed by atoms with E-state index >= 15 is 0 Å². The van der Waals surface area contributed by atoms with Gasteiger partial charge in [-0.25, -0.2) is 0 Å². The lowest BCUT2D eigenvalue weighted by Gasteiger charge is -2.38. The summed E-state index contributed by atoms with van der Waals surface area (Å²) in [5.41, 5.74) is 3.40. The Bertz CT molecular complexity index is 802. The van der Waals surface area contributed by atoms with Crippen molar-refractivity contribution in [2.75, 3.05) is 19.8 Å². The number of carbonyl (C=O) groups is 1. The molecule has 1 aliphatic carbocycles. The molecular formula is C25H31NO2. The topological polar surface area (TPSA) is 38.3 Å². The molecular weight excluding hydrogens is 346 g/mol. The Labute approximate surface area is 168 Å². The fourth-order valence-electron chi connectivity index (χ4n) is 5.14. The molecule has 2 aromatic carbocycles. The Balaban J connectivity index is 1.57. The van der Waals surface area contributed by atoms with E-state index in [0.29, 0.717) is 13.2 Å². The number of aryl methyl sites for hydroxylation is 1. The zero-order valence-corrected chi connectivity index (χ0v) is 16.9. The van der Waals surface area contributed by atoms with Crippen LogP contribution in [0.25, 0.3) is 0 Å². The molecule has 1 saturated carbocycles. The van der Waals surface area contributed by atoms with Gasteiger partial charge in [0.25, 0.3) is 0 Å². The Morgan fingerprint density at radius 3 is 2.29 bits per heavy atom. The van der Waals surface area contributed by atoms with E-state index in [2.05, 4.69) is 48.6 Å². The van der Waals surface area contributed by atoms with Gasteiger partial charge in [0.15, 0.2) is 0 Å². The fourth-order valence-corrected chi connectivity index (χ4v) is 5.14. The van der Waals surface area contributed by atoms with Gasteiger partial charge in [0, 0.05) is 25.2 Å². The summed E-state index contributed by atoms with van der Waals surface area (Å²) >= 11 is 0. The van der Waals surface area contributed by atoms with Crippen LogP contribution >= 0.6 is 0 Å². The molecule has 0 radical (unpaired) electrons. The van der Waals surface area contributed by atoms with E-state index in [1.165, 1.54) is 24.0 Å². The average Bonchev–Trinajstić information content (AvgIpc) is 3.23. The van der Waals surface area contributed by atoms with Crippen molar-refractivity contribution in [1.82, 2.24) is 5.32 Å². The molecule has 3 heteroatoms. The minimum Gasteiger partial charge on any atom is -0.381 e. The van der Waals surface area contributed by atoms with Crippen molar-refractivity contribution in [2.24, 2.45) is 0 Å². The molecule has 1 N–H and O–H groups in total. The number of carbonyl (C=O) groups excluding carboxylic acids is 1. The molecule has 4 rings (SSSR count). The van der Waals surface area contributed by atoms with Crippen molar-refractivity contribution in [3.05, 3.63) is 71.3 Å². The number of ether oxygens (including phenoxy) is 1. The van der Waals surface area contributed by atoms with Gasteiger partial charge in [-0.1, -0.05) is 73.0 Å². The monoisotopic (exact) mass is 377 g/mol. The van der Waals surface area contributed by atoms with Crippen LogP contribution in [-0.4, -0.2) is 25.7 Å². The third kappa shape index (κ3) is 3.60. The summed E-state index contributed by atoms with van der Waals surface area (Å²) < 4.78 is 5.60. The summed E-state index contributed by atoms with van der Waals surface area (Å²) in [6.07, 6.45) is 6.28. The molecule has 0 atom stereocenters. The molecule has 0 unspecified atom stereocenters. The zero-order chi connectivity index (χ0) is 19.5. The minimum atomic E-state index is -0.466. The highest BCUT2D eigenvalue weighted by molar-refractivity contribution is 5.88. The van der Waals surface area contributed by atoms with Crippen LogP contribution in [0.2, 0.25) is 0 Å². The SMILES string of the molecule is Cc1cccc(C2(CNC(=O)C3(c4ccccc4)CCOCC3)CCCC2)c1. The number of hydrogen-bond acceptors (Lipinski definition) is 2. The van der Waals surface area contributed by atoms with Crippen LogP contribution in [0.5, 0.6) is 0 Å². The largest absolute Gasteiger partial charge is 0.381 e. The van der Waals surface area contributed by atoms with Gasteiger partial charge in [-0.05, 0) is 43.7 Å². The first kappa shape index (κ1) is 19.2. The molecule has 148 valence electrons. The van der Waals surface area contributed by atoms with Gasteiger partial charge in [-0.2, -0.15) is 0 Å². The highest BCUT2D eigenvalue weighted by Crippen LogP contribution is 2.41. The molecule has 2 fully saturated rings. The molecule has 2 aliphatic rings. The van der Waals surface area contributed by atoms with E-state index in [0.717, 1.165) is 37.8 Å². The van der Waals surface area contributed by atoms with E-state index in [1.807, 2.05) is 18.2 Å². The van der Waals surface area contributed by atoms with Gasteiger partial charge in [0.1, 0.15) is 0 Å². The lowest BCUT2D eigenvalue weighted by Crippen LogP contribution is -2.51. The maximum Gasteiger partial charge on any atom is 0.230 e. The van der Waals surface area contributed by atoms with E-state index in [1.54, 1.807) is 0 Å². The third-order valence-corrected chi connectivity index (χ3v) is 6.89. The van der Waals surface area contributed by atoms with Gasteiger partial charge < -0.3 is 10.1 Å². The molecule has 3 nitrogen and oxygen atoms in total. The Hall–Kier alpha value is -2.13. The van der Waals surface area contributed by atoms with Gasteiger partial charge in [0.2, 0.25) is 5.91 Å². The standard InChI is InChI=1S/C25H31NO2/c1-20-8-7-11-22(18-20)24(12-5-6-13-24)19-26-23(27)25(14-16-28-17-15-25)21-9-3-2-4-10-21/h2-4,7-11,18H,5-6,12-17,19H2,1H3,(H,26,27). The van der Waals surface area contributed by atoms with E-state index < -0.39 is 5.41 Å². The normalized spacial score (nSPS) is 20.6. The predicted octanol–water partition coefficient (Wildman–Crippen LogP) is 4.67. The fraction of sp³-hybridized carbons (Fsp3) is 0.480. The van der Waals surface area contributed by atoms with Crippen molar-refractivity contribution >= 4 is 5.91 Å². The summed E-state index contributed by atoms with van der Waals surface area (Å²) in [6, 6.07) is 19.1. The molecule has 1 aliphatic heterocycles. The van der Waals surface area contributed by atoms with E-state index in [-0.39, 0.29) is 11.3 Å². The van der Waals surface area contributed by atoms with Crippen LogP contribution in [0.3, 0.4) is 0 Å². The predicted molar refractivity (Wildman–Crippen MR) is 113 cm³/mol. The van der Waals surface area contributed by atoms with Gasteiger partial charge in [-0.3, -0.25) is 4.79 Å². The Morgan fingerprint density at radius 1 is 0.929 bits per heavy atom. The lowest BCUT2D eigenvalue weighted by molar-refractivity contribution is -0.130. The molecule has 0 aromatic heterocycles. The van der Waals surface area contributed by atoms with Gasteiger partial charge in [0.05, 0.1) is 5.41 Å². The lowest BCUT2D eigenvalue weighted by atomic mass is 9.72. The van der Waals surface area contributed by atoms with Crippen molar-refractivity contribution in [1.29, 1.82) is 0 Å². The first-order valence-corrected chi connectivity index (χ1v) is 10.6. The molecule has 2 aromatic rings. The summed E-state index contributed by atoms with van der Waals surface area (Å²) in [5, 5.41) is 3.40. The third-order valence-electron chi connectivity index (χ3n) is 6.89. The van der Waals surface area contributed by atoms with Gasteiger partial charge in [-0.15, -0.1) is 0 Å². The highest BCUT2D eigenvalue weighted by atomic mass is 16.5. The highest BCUT2D eigenvalue weighted by Gasteiger charge is 2.43. The second kappa shape index (κ2) is 8.08. The quantitative estimate of drug-likeness (QED) is 0.822. The maximum atomic E-state index is 13.6. The van der Waals surface area contributed by atoms with Crippen LogP contribution in [-0.2, 0) is 20.4 Å². The number of rotatable bonds is 5. The van der Waals surface area contributed by atoms with Crippen LogP contribution in [0.4, 0.5) is 0 Å². The van der Waals surface area contributed by atoms with Crippen molar-refractivity contribution < 1.29 is 9.53 Å². The number of nitrogens with one attached hydrogen (secondary N) is 1. The molecule has 28 heavy (non-hydrogen) atoms. The summed E-state index contributed by atoms with van der Waals surface area (Å²) in [6.45, 7) is 4.17. The smallest absolute Gasteiger partial charge is 0.230 e. The summed E-state index contributed by atoms with van der Waals surface area (Å²) in [7, 11) is 0. The Morgan fingerprint density at radius 2 is 1.61 bits per heavy atom. The van der Waals surface area contributed by atoms with Crippen LogP contribution in [0, 0.1) is 6.92 Å².